The Hall–Kier alpha value is -1.36. The summed E-state index contributed by atoms with van der Waals surface area (Å²) in [5.74, 6) is 0. The number of thiazole rings is 1. The summed E-state index contributed by atoms with van der Waals surface area (Å²) in [5.41, 5.74) is 2.58. The first-order valence-corrected chi connectivity index (χ1v) is 4.91. The molecule has 1 aromatic rings. The van der Waals surface area contributed by atoms with Crippen LogP contribution in [-0.4, -0.2) is 11.1 Å². The van der Waals surface area contributed by atoms with Crippen LogP contribution in [0.3, 0.4) is 0 Å². The van der Waals surface area contributed by atoms with Gasteiger partial charge in [0.1, 0.15) is 6.10 Å². The molecule has 0 radical (unpaired) electrons. The minimum absolute atomic E-state index is 0.338. The Labute approximate surface area is 86.2 Å². The molecule has 0 aliphatic rings. The fourth-order valence-corrected chi connectivity index (χ4v) is 1.78. The van der Waals surface area contributed by atoms with E-state index in [0.29, 0.717) is 0 Å². The Morgan fingerprint density at radius 2 is 2.50 bits per heavy atom. The molecule has 1 heterocycles. The lowest BCUT2D eigenvalue weighted by molar-refractivity contribution is 0.0543. The molecule has 0 aromatic carbocycles. The number of carbonyl (C=O) groups is 1. The number of carbonyl (C=O) groups excluding carboxylic acids is 1. The van der Waals surface area contributed by atoms with E-state index in [9.17, 15) is 4.79 Å². The third-order valence-electron chi connectivity index (χ3n) is 1.60. The molecule has 0 aliphatic carbocycles. The summed E-state index contributed by atoms with van der Waals surface area (Å²) < 4.78 is 9.39. The van der Waals surface area contributed by atoms with Crippen LogP contribution in [0.2, 0.25) is 0 Å². The van der Waals surface area contributed by atoms with Gasteiger partial charge in [-0.15, -0.1) is 11.3 Å². The van der Waals surface area contributed by atoms with Crippen molar-refractivity contribution in [1.29, 1.82) is 0 Å². The third-order valence-corrected chi connectivity index (χ3v) is 2.70. The second kappa shape index (κ2) is 4.76. The van der Waals surface area contributed by atoms with Crippen LogP contribution in [0.25, 0.3) is 0 Å². The number of aryl methyl sites for hydroxylation is 1. The zero-order valence-electron chi connectivity index (χ0n) is 8.02. The molecular formula is C9H11NO3S. The Morgan fingerprint density at radius 1 is 1.79 bits per heavy atom. The summed E-state index contributed by atoms with van der Waals surface area (Å²) in [5, 5.41) is 0. The number of aromatic nitrogens is 1. The van der Waals surface area contributed by atoms with Gasteiger partial charge in [-0.1, -0.05) is 6.58 Å². The van der Waals surface area contributed by atoms with Crippen molar-refractivity contribution in [2.24, 2.45) is 0 Å². The minimum atomic E-state index is -0.750. The van der Waals surface area contributed by atoms with E-state index in [1.807, 2.05) is 6.92 Å². The van der Waals surface area contributed by atoms with Crippen molar-refractivity contribution >= 4 is 17.5 Å². The third kappa shape index (κ3) is 2.56. The summed E-state index contributed by atoms with van der Waals surface area (Å²) in [6, 6.07) is 0. The Morgan fingerprint density at radius 3 is 3.00 bits per heavy atom. The van der Waals surface area contributed by atoms with Gasteiger partial charge >= 0.3 is 6.16 Å². The highest BCUT2D eigenvalue weighted by Crippen LogP contribution is 2.24. The minimum Gasteiger partial charge on any atom is -0.425 e. The van der Waals surface area contributed by atoms with Crippen LogP contribution in [0, 0.1) is 6.92 Å². The van der Waals surface area contributed by atoms with Crippen molar-refractivity contribution < 1.29 is 14.3 Å². The first-order valence-electron chi connectivity index (χ1n) is 4.03. The smallest absolute Gasteiger partial charge is 0.425 e. The molecule has 1 unspecified atom stereocenters. The van der Waals surface area contributed by atoms with Gasteiger partial charge in [0, 0.05) is 0 Å². The normalized spacial score (nSPS) is 11.9. The fraction of sp³-hybridized carbons (Fsp3) is 0.333. The molecule has 1 aromatic heterocycles. The SMILES string of the molecule is C=COC(=O)OC(C)c1scnc1C. The molecule has 0 N–H and O–H groups in total. The van der Waals surface area contributed by atoms with E-state index in [2.05, 4.69) is 16.3 Å². The van der Waals surface area contributed by atoms with Crippen molar-refractivity contribution in [2.75, 3.05) is 0 Å². The quantitative estimate of drug-likeness (QED) is 0.572. The number of ether oxygens (including phenoxy) is 2. The van der Waals surface area contributed by atoms with Crippen LogP contribution in [0.15, 0.2) is 18.4 Å². The zero-order valence-corrected chi connectivity index (χ0v) is 8.84. The predicted molar refractivity (Wildman–Crippen MR) is 53.0 cm³/mol. The summed E-state index contributed by atoms with van der Waals surface area (Å²) in [4.78, 5) is 15.9. The van der Waals surface area contributed by atoms with Gasteiger partial charge in [-0.2, -0.15) is 0 Å². The molecule has 76 valence electrons. The molecule has 14 heavy (non-hydrogen) atoms. The lowest BCUT2D eigenvalue weighted by atomic mass is 10.3. The van der Waals surface area contributed by atoms with Gasteiger partial charge in [-0.05, 0) is 13.8 Å². The number of nitrogens with zero attached hydrogens (tertiary/aromatic N) is 1. The maximum Gasteiger partial charge on any atom is 0.513 e. The Balaban J connectivity index is 2.58. The second-order valence-electron chi connectivity index (χ2n) is 2.60. The lowest BCUT2D eigenvalue weighted by Gasteiger charge is -2.10. The van der Waals surface area contributed by atoms with Gasteiger partial charge < -0.3 is 9.47 Å². The van der Waals surface area contributed by atoms with E-state index >= 15 is 0 Å². The average molecular weight is 213 g/mol. The topological polar surface area (TPSA) is 48.4 Å². The highest BCUT2D eigenvalue weighted by atomic mass is 32.1. The van der Waals surface area contributed by atoms with Gasteiger partial charge in [0.15, 0.2) is 0 Å². The maximum atomic E-state index is 10.9. The van der Waals surface area contributed by atoms with E-state index in [0.717, 1.165) is 16.8 Å². The van der Waals surface area contributed by atoms with E-state index in [4.69, 9.17) is 4.74 Å². The molecule has 0 amide bonds. The Bertz CT molecular complexity index is 335. The number of hydrogen-bond acceptors (Lipinski definition) is 5. The lowest BCUT2D eigenvalue weighted by Crippen LogP contribution is -2.07. The zero-order chi connectivity index (χ0) is 10.6. The molecule has 0 saturated heterocycles. The van der Waals surface area contributed by atoms with Gasteiger partial charge in [0.25, 0.3) is 0 Å². The summed E-state index contributed by atoms with van der Waals surface area (Å²) in [6.07, 6.45) is -0.0514. The van der Waals surface area contributed by atoms with Crippen LogP contribution in [0.1, 0.15) is 23.6 Å². The summed E-state index contributed by atoms with van der Waals surface area (Å²) in [7, 11) is 0. The summed E-state index contributed by atoms with van der Waals surface area (Å²) in [6.45, 7) is 6.89. The maximum absolute atomic E-state index is 10.9. The monoisotopic (exact) mass is 213 g/mol. The van der Waals surface area contributed by atoms with Crippen LogP contribution in [-0.2, 0) is 9.47 Å². The van der Waals surface area contributed by atoms with E-state index < -0.39 is 6.16 Å². The predicted octanol–water partition coefficient (Wildman–Crippen LogP) is 2.81. The molecular weight excluding hydrogens is 202 g/mol. The molecule has 0 bridgehead atoms. The first-order chi connectivity index (χ1) is 6.65. The van der Waals surface area contributed by atoms with Crippen molar-refractivity contribution in [1.82, 2.24) is 4.98 Å². The fourth-order valence-electron chi connectivity index (χ4n) is 0.995. The van der Waals surface area contributed by atoms with E-state index in [-0.39, 0.29) is 6.10 Å². The molecule has 0 fully saturated rings. The van der Waals surface area contributed by atoms with Crippen molar-refractivity contribution in [3.8, 4) is 0 Å². The second-order valence-corrected chi connectivity index (χ2v) is 3.48. The van der Waals surface area contributed by atoms with Gasteiger partial charge in [0.2, 0.25) is 0 Å². The first kappa shape index (κ1) is 10.7. The van der Waals surface area contributed by atoms with Crippen LogP contribution in [0.5, 0.6) is 0 Å². The number of hydrogen-bond donors (Lipinski definition) is 0. The molecule has 0 saturated carbocycles. The van der Waals surface area contributed by atoms with Crippen LogP contribution >= 0.6 is 11.3 Å². The standard InChI is InChI=1S/C9H11NO3S/c1-4-12-9(11)13-7(3)8-6(2)10-5-14-8/h4-5,7H,1H2,2-3H3. The number of rotatable bonds is 3. The molecule has 5 heteroatoms. The van der Waals surface area contributed by atoms with Crippen LogP contribution < -0.4 is 0 Å². The molecule has 1 rings (SSSR count). The molecule has 0 spiro atoms. The largest absolute Gasteiger partial charge is 0.513 e. The molecule has 4 nitrogen and oxygen atoms in total. The average Bonchev–Trinajstić information content (AvgIpc) is 2.51. The van der Waals surface area contributed by atoms with Crippen molar-refractivity contribution in [2.45, 2.75) is 20.0 Å². The molecule has 0 aliphatic heterocycles. The van der Waals surface area contributed by atoms with Crippen molar-refractivity contribution in [3.63, 3.8) is 0 Å². The van der Waals surface area contributed by atoms with E-state index in [1.54, 1.807) is 12.4 Å². The Kier molecular flexibility index (Phi) is 3.64. The van der Waals surface area contributed by atoms with E-state index in [1.165, 1.54) is 11.3 Å². The van der Waals surface area contributed by atoms with Gasteiger partial charge in [-0.3, -0.25) is 0 Å². The highest BCUT2D eigenvalue weighted by Gasteiger charge is 2.15. The molecule has 1 atom stereocenters. The highest BCUT2D eigenvalue weighted by molar-refractivity contribution is 7.09. The summed E-state index contributed by atoms with van der Waals surface area (Å²) >= 11 is 1.45. The van der Waals surface area contributed by atoms with Crippen LogP contribution in [0.4, 0.5) is 4.79 Å². The van der Waals surface area contributed by atoms with Gasteiger partial charge in [0.05, 0.1) is 22.3 Å². The van der Waals surface area contributed by atoms with Crippen molar-refractivity contribution in [3.05, 3.63) is 28.9 Å². The van der Waals surface area contributed by atoms with Gasteiger partial charge in [-0.25, -0.2) is 9.78 Å².